The number of ketones is 2. The second-order valence-electron chi connectivity index (χ2n) is 10.4. The molecule has 5 rings (SSSR count). The van der Waals surface area contributed by atoms with Crippen molar-refractivity contribution in [2.45, 2.75) is 50.4 Å². The minimum absolute atomic E-state index is 0.107. The van der Waals surface area contributed by atoms with Gasteiger partial charge in [0, 0.05) is 40.6 Å². The molecule has 1 aliphatic carbocycles. The largest absolute Gasteiger partial charge is 0.366 e. The van der Waals surface area contributed by atoms with Crippen molar-refractivity contribution in [3.05, 3.63) is 77.3 Å². The highest BCUT2D eigenvalue weighted by Crippen LogP contribution is 2.30. The average Bonchev–Trinajstić information content (AvgIpc) is 3.72. The van der Waals surface area contributed by atoms with E-state index in [1.165, 1.54) is 23.2 Å². The number of nitrogens with zero attached hydrogens (tertiary/aromatic N) is 3. The molecule has 0 radical (unpaired) electrons. The minimum atomic E-state index is -3.51. The predicted molar refractivity (Wildman–Crippen MR) is 149 cm³/mol. The van der Waals surface area contributed by atoms with E-state index in [1.807, 2.05) is 31.2 Å². The van der Waals surface area contributed by atoms with E-state index in [9.17, 15) is 27.6 Å². The molecule has 11 heteroatoms. The first kappa shape index (κ1) is 27.4. The number of carbonyl (C=O) groups excluding carboxylic acids is 4. The van der Waals surface area contributed by atoms with Gasteiger partial charge < -0.3 is 15.2 Å². The van der Waals surface area contributed by atoms with Gasteiger partial charge in [-0.1, -0.05) is 18.2 Å². The number of aromatic nitrogens is 2. The lowest BCUT2D eigenvalue weighted by molar-refractivity contribution is -0.139. The summed E-state index contributed by atoms with van der Waals surface area (Å²) in [4.78, 5) is 57.6. The maximum atomic E-state index is 13.5. The summed E-state index contributed by atoms with van der Waals surface area (Å²) in [5, 5.41) is -0.103. The Hall–Kier alpha value is -4.12. The van der Waals surface area contributed by atoms with Gasteiger partial charge in [0.15, 0.2) is 21.4 Å². The first-order chi connectivity index (χ1) is 19.0. The number of nitrogens with two attached hydrogens (primary N) is 1. The molecular weight excluding hydrogens is 532 g/mol. The Labute approximate surface area is 231 Å². The summed E-state index contributed by atoms with van der Waals surface area (Å²) in [6, 6.07) is 9.35. The SMILES string of the molecule is Cc1cccc(CC(=O)[C@@H]2CC=CCN2C(=O)Cn2cc(C(N)=O)c3cc(C(=O)CS(=O)(=O)C4CC4)ccc32)n1. The van der Waals surface area contributed by atoms with Gasteiger partial charge in [-0.3, -0.25) is 24.2 Å². The fourth-order valence-corrected chi connectivity index (χ4v) is 6.71. The number of sulfone groups is 1. The molecule has 1 aromatic carbocycles. The van der Waals surface area contributed by atoms with Crippen molar-refractivity contribution in [2.24, 2.45) is 5.73 Å². The number of rotatable bonds is 10. The highest BCUT2D eigenvalue weighted by molar-refractivity contribution is 7.93. The lowest BCUT2D eigenvalue weighted by atomic mass is 9.99. The first-order valence-electron chi connectivity index (χ1n) is 13.1. The molecule has 1 aliphatic heterocycles. The Balaban J connectivity index is 1.38. The molecule has 2 aromatic heterocycles. The predicted octanol–water partition coefficient (Wildman–Crippen LogP) is 2.17. The molecule has 0 spiro atoms. The van der Waals surface area contributed by atoms with Gasteiger partial charge in [-0.25, -0.2) is 8.42 Å². The molecule has 3 aromatic rings. The van der Waals surface area contributed by atoms with Crippen molar-refractivity contribution < 1.29 is 27.6 Å². The highest BCUT2D eigenvalue weighted by atomic mass is 32.2. The number of benzene rings is 1. The number of hydrogen-bond acceptors (Lipinski definition) is 7. The second kappa shape index (κ2) is 10.8. The Morgan fingerprint density at radius 2 is 1.85 bits per heavy atom. The van der Waals surface area contributed by atoms with Gasteiger partial charge in [-0.2, -0.15) is 0 Å². The number of fused-ring (bicyclic) bond motifs is 1. The Bertz CT molecular complexity index is 1670. The molecule has 2 N–H and O–H groups in total. The van der Waals surface area contributed by atoms with Crippen LogP contribution in [0.1, 0.15) is 51.4 Å². The Morgan fingerprint density at radius 1 is 1.07 bits per heavy atom. The molecule has 0 bridgehead atoms. The highest BCUT2D eigenvalue weighted by Gasteiger charge is 2.37. The topological polar surface area (TPSA) is 150 Å². The molecule has 1 fully saturated rings. The number of Topliss-reactive ketones (excluding diaryl/α,β-unsaturated/α-hetero) is 2. The van der Waals surface area contributed by atoms with Gasteiger partial charge in [0.1, 0.15) is 12.3 Å². The summed E-state index contributed by atoms with van der Waals surface area (Å²) < 4.78 is 26.2. The maximum Gasteiger partial charge on any atom is 0.250 e. The van der Waals surface area contributed by atoms with Crippen molar-refractivity contribution in [1.29, 1.82) is 0 Å². The summed E-state index contributed by atoms with van der Waals surface area (Å²) in [5.41, 5.74) is 7.80. The van der Waals surface area contributed by atoms with Crippen molar-refractivity contribution >= 4 is 44.1 Å². The van der Waals surface area contributed by atoms with Crippen LogP contribution in [0.5, 0.6) is 0 Å². The van der Waals surface area contributed by atoms with Gasteiger partial charge in [0.2, 0.25) is 5.91 Å². The summed E-state index contributed by atoms with van der Waals surface area (Å²) in [7, 11) is -3.51. The van der Waals surface area contributed by atoms with E-state index in [1.54, 1.807) is 16.7 Å². The van der Waals surface area contributed by atoms with Gasteiger partial charge in [0.25, 0.3) is 5.91 Å². The first-order valence-corrected chi connectivity index (χ1v) is 14.8. The van der Waals surface area contributed by atoms with E-state index in [4.69, 9.17) is 5.73 Å². The van der Waals surface area contributed by atoms with E-state index in [2.05, 4.69) is 4.98 Å². The molecule has 2 amide bonds. The minimum Gasteiger partial charge on any atom is -0.366 e. The second-order valence-corrected chi connectivity index (χ2v) is 12.7. The molecule has 10 nitrogen and oxygen atoms in total. The number of hydrogen-bond donors (Lipinski definition) is 1. The van der Waals surface area contributed by atoms with Crippen LogP contribution < -0.4 is 5.73 Å². The van der Waals surface area contributed by atoms with E-state index < -0.39 is 38.6 Å². The number of amides is 2. The fourth-order valence-electron chi connectivity index (χ4n) is 5.09. The van der Waals surface area contributed by atoms with Crippen molar-refractivity contribution in [3.63, 3.8) is 0 Å². The Kier molecular flexibility index (Phi) is 7.41. The van der Waals surface area contributed by atoms with Gasteiger partial charge in [0.05, 0.1) is 23.3 Å². The van der Waals surface area contributed by atoms with E-state index in [-0.39, 0.29) is 42.3 Å². The van der Waals surface area contributed by atoms with Crippen LogP contribution in [0.4, 0.5) is 0 Å². The maximum absolute atomic E-state index is 13.5. The molecule has 1 saturated carbocycles. The van der Waals surface area contributed by atoms with Crippen LogP contribution in [0.2, 0.25) is 0 Å². The molecule has 2 aliphatic rings. The quantitative estimate of drug-likeness (QED) is 0.294. The van der Waals surface area contributed by atoms with E-state index >= 15 is 0 Å². The summed E-state index contributed by atoms with van der Waals surface area (Å²) in [6.45, 7) is 1.96. The average molecular weight is 563 g/mol. The van der Waals surface area contributed by atoms with Gasteiger partial charge in [-0.15, -0.1) is 0 Å². The van der Waals surface area contributed by atoms with Crippen LogP contribution >= 0.6 is 0 Å². The molecule has 208 valence electrons. The lowest BCUT2D eigenvalue weighted by Gasteiger charge is -2.32. The van der Waals surface area contributed by atoms with Crippen LogP contribution in [0, 0.1) is 6.92 Å². The fraction of sp³-hybridized carbons (Fsp3) is 0.345. The third-order valence-electron chi connectivity index (χ3n) is 7.34. The van der Waals surface area contributed by atoms with Crippen LogP contribution in [0.3, 0.4) is 0 Å². The van der Waals surface area contributed by atoms with Crippen molar-refractivity contribution in [3.8, 4) is 0 Å². The normalized spacial score (nSPS) is 17.2. The standard InChI is InChI=1S/C29H30N4O6S/c1-18-5-4-6-20(31-18)14-26(34)25-7-2-3-12-33(25)28(36)16-32-15-23(29(30)37)22-13-19(8-11-24(22)32)27(35)17-40(38,39)21-9-10-21/h2-6,8,11,13,15,21,25H,7,9-10,12,14,16-17H2,1H3,(H2,30,37)/t25-/m0/s1. The van der Waals surface area contributed by atoms with Crippen LogP contribution in [0.15, 0.2) is 54.7 Å². The van der Waals surface area contributed by atoms with Gasteiger partial charge >= 0.3 is 0 Å². The number of primary amides is 1. The molecular formula is C29H30N4O6S. The summed E-state index contributed by atoms with van der Waals surface area (Å²) in [6.07, 6.45) is 6.81. The van der Waals surface area contributed by atoms with Gasteiger partial charge in [-0.05, 0) is 56.5 Å². The van der Waals surface area contributed by atoms with Crippen LogP contribution in [-0.4, -0.2) is 69.8 Å². The Morgan fingerprint density at radius 3 is 2.55 bits per heavy atom. The van der Waals surface area contributed by atoms with Crippen molar-refractivity contribution in [2.75, 3.05) is 12.3 Å². The smallest absolute Gasteiger partial charge is 0.250 e. The van der Waals surface area contributed by atoms with E-state index in [0.717, 1.165) is 5.69 Å². The summed E-state index contributed by atoms with van der Waals surface area (Å²) in [5.74, 6) is -2.33. The van der Waals surface area contributed by atoms with Crippen molar-refractivity contribution in [1.82, 2.24) is 14.5 Å². The third-order valence-corrected chi connectivity index (χ3v) is 9.49. The third kappa shape index (κ3) is 5.74. The number of aryl methyl sites for hydroxylation is 1. The monoisotopic (exact) mass is 562 g/mol. The zero-order valence-electron chi connectivity index (χ0n) is 22.1. The number of carbonyl (C=O) groups is 4. The molecule has 3 heterocycles. The van der Waals surface area contributed by atoms with Crippen LogP contribution in [0.25, 0.3) is 10.9 Å². The zero-order valence-corrected chi connectivity index (χ0v) is 22.9. The molecule has 40 heavy (non-hydrogen) atoms. The van der Waals surface area contributed by atoms with E-state index in [0.29, 0.717) is 35.9 Å². The molecule has 1 atom stereocenters. The zero-order chi connectivity index (χ0) is 28.6. The lowest BCUT2D eigenvalue weighted by Crippen LogP contribution is -2.48. The molecule has 0 unspecified atom stereocenters. The molecule has 0 saturated heterocycles. The van der Waals surface area contributed by atoms with Crippen LogP contribution in [-0.2, 0) is 32.4 Å². The number of pyridine rings is 1. The summed E-state index contributed by atoms with van der Waals surface area (Å²) >= 11 is 0.